The highest BCUT2D eigenvalue weighted by Gasteiger charge is 2.63. The minimum atomic E-state index is -0.213. The lowest BCUT2D eigenvalue weighted by Crippen LogP contribution is -2.61. The number of hydrogen-bond donors (Lipinski definition) is 3. The second-order valence-electron chi connectivity index (χ2n) is 14.1. The summed E-state index contributed by atoms with van der Waals surface area (Å²) in [5.41, 5.74) is 0.454. The molecule has 3 N–H and O–H groups in total. The van der Waals surface area contributed by atoms with Crippen LogP contribution in [0, 0.1) is 34.5 Å². The van der Waals surface area contributed by atoms with Gasteiger partial charge in [-0.3, -0.25) is 4.90 Å². The van der Waals surface area contributed by atoms with Crippen molar-refractivity contribution >= 4 is 0 Å². The van der Waals surface area contributed by atoms with E-state index >= 15 is 0 Å². The van der Waals surface area contributed by atoms with Crippen LogP contribution in [0.3, 0.4) is 0 Å². The van der Waals surface area contributed by atoms with Gasteiger partial charge in [-0.2, -0.15) is 0 Å². The van der Waals surface area contributed by atoms with E-state index in [-0.39, 0.29) is 29.2 Å². The fraction of sp³-hybridized carbons (Fsp3) is 1.00. The molecule has 4 heteroatoms. The van der Waals surface area contributed by atoms with Gasteiger partial charge in [-0.15, -0.1) is 0 Å². The SMILES string of the molecule is CC(C)(C)N[C@H]1C[C@@]2(C)[C@@H](CC[C@@H]3[C@@H]2CC[C@]2(C)[C@@H](O)[C@@H](N4CCCCC4)C[C@@H]32)C[C@@H]1O. The average Bonchev–Trinajstić information content (AvgIpc) is 3.00. The summed E-state index contributed by atoms with van der Waals surface area (Å²) in [6.07, 6.45) is 11.9. The Labute approximate surface area is 196 Å². The molecule has 4 nitrogen and oxygen atoms in total. The molecule has 32 heavy (non-hydrogen) atoms. The van der Waals surface area contributed by atoms with Gasteiger partial charge in [0.25, 0.3) is 0 Å². The Bertz CT molecular complexity index is 685. The number of nitrogens with one attached hydrogen (secondary N) is 1. The Morgan fingerprint density at radius 1 is 0.875 bits per heavy atom. The maximum absolute atomic E-state index is 11.6. The van der Waals surface area contributed by atoms with Crippen molar-refractivity contribution in [1.29, 1.82) is 0 Å². The van der Waals surface area contributed by atoms with Crippen molar-refractivity contribution in [3.63, 3.8) is 0 Å². The standard InChI is InChI=1S/C28H50N2O2/c1-26(2,3)29-22-17-28(5)18(15-24(22)31)9-10-19-20(28)11-12-27(4)21(19)16-23(25(27)32)30-13-7-6-8-14-30/h18-25,29,31-32H,6-17H2,1-5H3/t18-,19+,20-,21-,22-,23-,24-,25-,27-,28-/m0/s1. The molecule has 1 aliphatic heterocycles. The van der Waals surface area contributed by atoms with Gasteiger partial charge in [-0.1, -0.05) is 20.3 Å². The quantitative estimate of drug-likeness (QED) is 0.581. The zero-order valence-electron chi connectivity index (χ0n) is 21.4. The van der Waals surface area contributed by atoms with Crippen LogP contribution >= 0.6 is 0 Å². The summed E-state index contributed by atoms with van der Waals surface area (Å²) in [6, 6.07) is 0.594. The van der Waals surface area contributed by atoms with Crippen molar-refractivity contribution in [3.8, 4) is 0 Å². The molecule has 4 aliphatic carbocycles. The third-order valence-corrected chi connectivity index (χ3v) is 11.2. The fourth-order valence-corrected chi connectivity index (χ4v) is 9.60. The Morgan fingerprint density at radius 2 is 1.59 bits per heavy atom. The maximum Gasteiger partial charge on any atom is 0.0751 e. The summed E-state index contributed by atoms with van der Waals surface area (Å²) in [6.45, 7) is 14.1. The lowest BCUT2D eigenvalue weighted by atomic mass is 9.44. The number of hydrogen-bond acceptors (Lipinski definition) is 4. The highest BCUT2D eigenvalue weighted by atomic mass is 16.3. The lowest BCUT2D eigenvalue weighted by molar-refractivity contribution is -0.143. The molecule has 0 amide bonds. The molecular weight excluding hydrogens is 396 g/mol. The summed E-state index contributed by atoms with van der Waals surface area (Å²) in [4.78, 5) is 2.65. The van der Waals surface area contributed by atoms with E-state index < -0.39 is 0 Å². The van der Waals surface area contributed by atoms with Crippen LogP contribution in [0.2, 0.25) is 0 Å². The van der Waals surface area contributed by atoms with Gasteiger partial charge in [0, 0.05) is 17.6 Å². The third-order valence-electron chi connectivity index (χ3n) is 11.2. The van der Waals surface area contributed by atoms with Gasteiger partial charge >= 0.3 is 0 Å². The number of piperidine rings is 1. The highest BCUT2D eigenvalue weighted by Crippen LogP contribution is 2.66. The predicted octanol–water partition coefficient (Wildman–Crippen LogP) is 4.58. The summed E-state index contributed by atoms with van der Waals surface area (Å²) in [5, 5.41) is 26.4. The van der Waals surface area contributed by atoms with E-state index in [0.717, 1.165) is 24.7 Å². The first-order valence-corrected chi connectivity index (χ1v) is 13.9. The molecule has 0 unspecified atom stereocenters. The van der Waals surface area contributed by atoms with Crippen LogP contribution < -0.4 is 5.32 Å². The van der Waals surface area contributed by atoms with Gasteiger partial charge in [-0.05, 0) is 126 Å². The molecule has 0 aromatic carbocycles. The number of aliphatic hydroxyl groups is 2. The Hall–Kier alpha value is -0.160. The van der Waals surface area contributed by atoms with E-state index in [4.69, 9.17) is 0 Å². The highest BCUT2D eigenvalue weighted by molar-refractivity contribution is 5.14. The van der Waals surface area contributed by atoms with Gasteiger partial charge < -0.3 is 15.5 Å². The first-order chi connectivity index (χ1) is 15.0. The second kappa shape index (κ2) is 8.21. The molecule has 0 bridgehead atoms. The molecule has 10 atom stereocenters. The monoisotopic (exact) mass is 446 g/mol. The zero-order chi connectivity index (χ0) is 22.9. The summed E-state index contributed by atoms with van der Waals surface area (Å²) < 4.78 is 0. The van der Waals surface area contributed by atoms with Crippen LogP contribution in [0.5, 0.6) is 0 Å². The summed E-state index contributed by atoms with van der Waals surface area (Å²) in [7, 11) is 0. The van der Waals surface area contributed by atoms with Gasteiger partial charge in [0.15, 0.2) is 0 Å². The smallest absolute Gasteiger partial charge is 0.0751 e. The zero-order valence-corrected chi connectivity index (χ0v) is 21.4. The van der Waals surface area contributed by atoms with Crippen molar-refractivity contribution < 1.29 is 10.2 Å². The first-order valence-electron chi connectivity index (χ1n) is 13.9. The molecule has 0 radical (unpaired) electrons. The van der Waals surface area contributed by atoms with Crippen molar-refractivity contribution in [1.82, 2.24) is 10.2 Å². The first kappa shape index (κ1) is 23.6. The van der Waals surface area contributed by atoms with Crippen LogP contribution in [-0.4, -0.2) is 58.0 Å². The van der Waals surface area contributed by atoms with Gasteiger partial charge in [0.2, 0.25) is 0 Å². The van der Waals surface area contributed by atoms with Gasteiger partial charge in [0.1, 0.15) is 0 Å². The lowest BCUT2D eigenvalue weighted by Gasteiger charge is -2.62. The van der Waals surface area contributed by atoms with E-state index in [2.05, 4.69) is 44.8 Å². The Balaban J connectivity index is 1.38. The molecule has 4 saturated carbocycles. The minimum absolute atomic E-state index is 0.0330. The van der Waals surface area contributed by atoms with Crippen LogP contribution in [0.1, 0.15) is 98.8 Å². The number of nitrogens with zero attached hydrogens (tertiary/aromatic N) is 1. The molecule has 5 aliphatic rings. The Kier molecular flexibility index (Phi) is 6.05. The van der Waals surface area contributed by atoms with Crippen LogP contribution in [0.15, 0.2) is 0 Å². The number of rotatable bonds is 2. The molecule has 184 valence electrons. The molecular formula is C28H50N2O2. The van der Waals surface area contributed by atoms with E-state index in [1.54, 1.807) is 0 Å². The topological polar surface area (TPSA) is 55.7 Å². The van der Waals surface area contributed by atoms with Crippen LogP contribution in [-0.2, 0) is 0 Å². The van der Waals surface area contributed by atoms with Crippen molar-refractivity contribution in [3.05, 3.63) is 0 Å². The van der Waals surface area contributed by atoms with Crippen molar-refractivity contribution in [2.45, 2.75) is 129 Å². The van der Waals surface area contributed by atoms with E-state index in [9.17, 15) is 10.2 Å². The molecule has 5 fully saturated rings. The summed E-state index contributed by atoms with van der Waals surface area (Å²) in [5.74, 6) is 2.83. The van der Waals surface area contributed by atoms with E-state index in [1.807, 2.05) is 0 Å². The summed E-state index contributed by atoms with van der Waals surface area (Å²) >= 11 is 0. The van der Waals surface area contributed by atoms with E-state index in [1.165, 1.54) is 64.5 Å². The van der Waals surface area contributed by atoms with Gasteiger partial charge in [0.05, 0.1) is 12.2 Å². The normalized spacial score (nSPS) is 52.2. The molecule has 0 spiro atoms. The van der Waals surface area contributed by atoms with Crippen LogP contribution in [0.4, 0.5) is 0 Å². The molecule has 0 aromatic rings. The Morgan fingerprint density at radius 3 is 2.28 bits per heavy atom. The molecule has 5 rings (SSSR count). The van der Waals surface area contributed by atoms with Crippen molar-refractivity contribution in [2.24, 2.45) is 34.5 Å². The molecule has 0 aromatic heterocycles. The van der Waals surface area contributed by atoms with Crippen LogP contribution in [0.25, 0.3) is 0 Å². The average molecular weight is 447 g/mol. The largest absolute Gasteiger partial charge is 0.391 e. The predicted molar refractivity (Wildman–Crippen MR) is 130 cm³/mol. The van der Waals surface area contributed by atoms with Crippen molar-refractivity contribution in [2.75, 3.05) is 13.1 Å². The molecule has 1 saturated heterocycles. The number of fused-ring (bicyclic) bond motifs is 5. The molecule has 1 heterocycles. The minimum Gasteiger partial charge on any atom is -0.391 e. The second-order valence-corrected chi connectivity index (χ2v) is 14.1. The van der Waals surface area contributed by atoms with Gasteiger partial charge in [-0.25, -0.2) is 0 Å². The van der Waals surface area contributed by atoms with E-state index in [0.29, 0.717) is 23.3 Å². The number of aliphatic hydroxyl groups excluding tert-OH is 2. The maximum atomic E-state index is 11.6. The number of likely N-dealkylation sites (tertiary alicyclic amines) is 1. The third kappa shape index (κ3) is 3.80. The fourth-order valence-electron chi connectivity index (χ4n) is 9.60.